The molecule has 0 aliphatic carbocycles. The third-order valence-electron chi connectivity index (χ3n) is 2.98. The molecule has 2 atom stereocenters. The molecule has 0 spiro atoms. The molecule has 1 aliphatic heterocycles. The maximum Gasteiger partial charge on any atom is 0.164 e. The summed E-state index contributed by atoms with van der Waals surface area (Å²) in [5.74, 6) is -2.06. The van der Waals surface area contributed by atoms with Crippen LogP contribution in [0.25, 0.3) is 0 Å². The van der Waals surface area contributed by atoms with Crippen LogP contribution in [0.5, 0.6) is 0 Å². The number of nitrogens with one attached hydrogen (secondary N) is 1. The minimum atomic E-state index is -1.48. The van der Waals surface area contributed by atoms with Crippen molar-refractivity contribution in [1.29, 1.82) is 0 Å². The fraction of sp³-hybridized carbons (Fsp3) is 0.500. The van der Waals surface area contributed by atoms with Crippen molar-refractivity contribution in [2.45, 2.75) is 31.5 Å². The Kier molecular flexibility index (Phi) is 3.49. The number of piperidine rings is 1. The van der Waals surface area contributed by atoms with E-state index in [1.165, 1.54) is 12.1 Å². The molecule has 1 aromatic rings. The fourth-order valence-electron chi connectivity index (χ4n) is 2.08. The second kappa shape index (κ2) is 4.87. The zero-order valence-corrected chi connectivity index (χ0v) is 8.85. The molecule has 1 fully saturated rings. The molecule has 16 heavy (non-hydrogen) atoms. The maximum atomic E-state index is 14.0. The summed E-state index contributed by atoms with van der Waals surface area (Å²) < 4.78 is 40.3. The first-order chi connectivity index (χ1) is 7.70. The number of hydrogen-bond acceptors (Lipinski definition) is 1. The third kappa shape index (κ3) is 2.21. The number of alkyl halides is 1. The Hall–Kier alpha value is -1.03. The zero-order chi connectivity index (χ0) is 11.5. The van der Waals surface area contributed by atoms with E-state index in [-0.39, 0.29) is 5.56 Å². The van der Waals surface area contributed by atoms with Crippen molar-refractivity contribution in [2.24, 2.45) is 0 Å². The van der Waals surface area contributed by atoms with Crippen molar-refractivity contribution in [3.63, 3.8) is 0 Å². The molecule has 0 saturated carbocycles. The first-order valence-corrected chi connectivity index (χ1v) is 5.51. The molecule has 0 radical (unpaired) electrons. The van der Waals surface area contributed by atoms with Gasteiger partial charge >= 0.3 is 0 Å². The molecule has 4 heteroatoms. The Labute approximate surface area is 92.7 Å². The van der Waals surface area contributed by atoms with Crippen LogP contribution in [0.1, 0.15) is 31.0 Å². The van der Waals surface area contributed by atoms with Crippen LogP contribution < -0.4 is 5.32 Å². The Morgan fingerprint density at radius 3 is 2.75 bits per heavy atom. The number of benzene rings is 1. The van der Waals surface area contributed by atoms with E-state index in [0.29, 0.717) is 6.42 Å². The SMILES string of the molecule is Fc1cccc(C(F)C2CCCCN2)c1F. The number of hydrogen-bond donors (Lipinski definition) is 1. The molecule has 0 bridgehead atoms. The molecule has 2 unspecified atom stereocenters. The van der Waals surface area contributed by atoms with E-state index in [9.17, 15) is 13.2 Å². The van der Waals surface area contributed by atoms with Crippen LogP contribution in [0, 0.1) is 11.6 Å². The van der Waals surface area contributed by atoms with Gasteiger partial charge in [0, 0.05) is 11.6 Å². The minimum absolute atomic E-state index is 0.181. The summed E-state index contributed by atoms with van der Waals surface area (Å²) in [7, 11) is 0. The van der Waals surface area contributed by atoms with Gasteiger partial charge < -0.3 is 5.32 Å². The lowest BCUT2D eigenvalue weighted by Gasteiger charge is -2.26. The summed E-state index contributed by atoms with van der Waals surface area (Å²) in [5, 5.41) is 3.00. The minimum Gasteiger partial charge on any atom is -0.311 e. The quantitative estimate of drug-likeness (QED) is 0.821. The maximum absolute atomic E-state index is 14.0. The first-order valence-electron chi connectivity index (χ1n) is 5.51. The van der Waals surface area contributed by atoms with Crippen molar-refractivity contribution in [3.05, 3.63) is 35.4 Å². The fourth-order valence-corrected chi connectivity index (χ4v) is 2.08. The third-order valence-corrected chi connectivity index (χ3v) is 2.98. The second-order valence-electron chi connectivity index (χ2n) is 4.10. The summed E-state index contributed by atoms with van der Waals surface area (Å²) in [6, 6.07) is 3.24. The van der Waals surface area contributed by atoms with Gasteiger partial charge in [-0.25, -0.2) is 13.2 Å². The predicted molar refractivity (Wildman–Crippen MR) is 55.8 cm³/mol. The highest BCUT2D eigenvalue weighted by Crippen LogP contribution is 2.29. The average Bonchev–Trinajstić information content (AvgIpc) is 2.33. The highest BCUT2D eigenvalue weighted by molar-refractivity contribution is 5.22. The Morgan fingerprint density at radius 1 is 1.25 bits per heavy atom. The summed E-state index contributed by atoms with van der Waals surface area (Å²) >= 11 is 0. The standard InChI is InChI=1S/C12H14F3N/c13-9-5-3-4-8(11(9)14)12(15)10-6-1-2-7-16-10/h3-5,10,12,16H,1-2,6-7H2. The van der Waals surface area contributed by atoms with Crippen molar-refractivity contribution in [3.8, 4) is 0 Å². The van der Waals surface area contributed by atoms with E-state index in [0.717, 1.165) is 25.5 Å². The van der Waals surface area contributed by atoms with Crippen LogP contribution in [-0.2, 0) is 0 Å². The molecule has 0 amide bonds. The number of rotatable bonds is 2. The van der Waals surface area contributed by atoms with Gasteiger partial charge in [-0.2, -0.15) is 0 Å². The van der Waals surface area contributed by atoms with Crippen molar-refractivity contribution >= 4 is 0 Å². The lowest BCUT2D eigenvalue weighted by Crippen LogP contribution is -2.37. The van der Waals surface area contributed by atoms with Crippen LogP contribution in [0.2, 0.25) is 0 Å². The smallest absolute Gasteiger partial charge is 0.164 e. The van der Waals surface area contributed by atoms with E-state index in [1.54, 1.807) is 0 Å². The molecular weight excluding hydrogens is 215 g/mol. The lowest BCUT2D eigenvalue weighted by atomic mass is 9.95. The molecule has 1 heterocycles. The molecule has 88 valence electrons. The Bertz CT molecular complexity index is 361. The normalized spacial score (nSPS) is 23.1. The molecule has 1 saturated heterocycles. The monoisotopic (exact) mass is 229 g/mol. The van der Waals surface area contributed by atoms with Crippen LogP contribution in [0.4, 0.5) is 13.2 Å². The van der Waals surface area contributed by atoms with Crippen molar-refractivity contribution < 1.29 is 13.2 Å². The largest absolute Gasteiger partial charge is 0.311 e. The van der Waals surface area contributed by atoms with Gasteiger partial charge in [0.2, 0.25) is 0 Å². The topological polar surface area (TPSA) is 12.0 Å². The van der Waals surface area contributed by atoms with Crippen molar-refractivity contribution in [2.75, 3.05) is 6.54 Å². The van der Waals surface area contributed by atoms with E-state index in [1.807, 2.05) is 0 Å². The summed E-state index contributed by atoms with van der Waals surface area (Å²) in [6.45, 7) is 0.738. The van der Waals surface area contributed by atoms with Crippen LogP contribution in [0.3, 0.4) is 0 Å². The molecule has 0 aromatic heterocycles. The summed E-state index contributed by atoms with van der Waals surface area (Å²) in [6.07, 6.45) is 1.12. The lowest BCUT2D eigenvalue weighted by molar-refractivity contribution is 0.214. The van der Waals surface area contributed by atoms with Crippen LogP contribution >= 0.6 is 0 Å². The van der Waals surface area contributed by atoms with E-state index in [4.69, 9.17) is 0 Å². The average molecular weight is 229 g/mol. The van der Waals surface area contributed by atoms with Gasteiger partial charge in [0.05, 0.1) is 0 Å². The highest BCUT2D eigenvalue weighted by Gasteiger charge is 2.27. The van der Waals surface area contributed by atoms with Crippen molar-refractivity contribution in [1.82, 2.24) is 5.32 Å². The zero-order valence-electron chi connectivity index (χ0n) is 8.85. The van der Waals surface area contributed by atoms with E-state index >= 15 is 0 Å². The van der Waals surface area contributed by atoms with Gasteiger partial charge in [-0.1, -0.05) is 18.6 Å². The van der Waals surface area contributed by atoms with Gasteiger partial charge in [0.1, 0.15) is 6.17 Å². The van der Waals surface area contributed by atoms with Gasteiger partial charge in [-0.15, -0.1) is 0 Å². The van der Waals surface area contributed by atoms with Gasteiger partial charge in [-0.3, -0.25) is 0 Å². The van der Waals surface area contributed by atoms with E-state index in [2.05, 4.69) is 5.32 Å². The molecule has 1 aliphatic rings. The number of halogens is 3. The highest BCUT2D eigenvalue weighted by atomic mass is 19.2. The van der Waals surface area contributed by atoms with Crippen LogP contribution in [-0.4, -0.2) is 12.6 Å². The second-order valence-corrected chi connectivity index (χ2v) is 4.10. The molecule has 2 rings (SSSR count). The van der Waals surface area contributed by atoms with Crippen LogP contribution in [0.15, 0.2) is 18.2 Å². The van der Waals surface area contributed by atoms with Gasteiger partial charge in [-0.05, 0) is 25.5 Å². The molecule has 1 aromatic carbocycles. The first kappa shape index (κ1) is 11.5. The molecule has 1 nitrogen and oxygen atoms in total. The van der Waals surface area contributed by atoms with Gasteiger partial charge in [0.25, 0.3) is 0 Å². The Morgan fingerprint density at radius 2 is 2.06 bits per heavy atom. The van der Waals surface area contributed by atoms with E-state index < -0.39 is 23.8 Å². The Balaban J connectivity index is 2.19. The summed E-state index contributed by atoms with van der Waals surface area (Å²) in [5.41, 5.74) is -0.181. The molecule has 1 N–H and O–H groups in total. The summed E-state index contributed by atoms with van der Waals surface area (Å²) in [4.78, 5) is 0. The molecular formula is C12H14F3N. The predicted octanol–water partition coefficient (Wildman–Crippen LogP) is 3.12. The van der Waals surface area contributed by atoms with Gasteiger partial charge in [0.15, 0.2) is 11.6 Å².